The molecule has 0 amide bonds. The van der Waals surface area contributed by atoms with Gasteiger partial charge in [-0.15, -0.1) is 0 Å². The summed E-state index contributed by atoms with van der Waals surface area (Å²) in [6.07, 6.45) is 0. The van der Waals surface area contributed by atoms with E-state index in [4.69, 9.17) is 15.3 Å². The van der Waals surface area contributed by atoms with Gasteiger partial charge >= 0.3 is 17.9 Å². The molecule has 0 saturated carbocycles. The van der Waals surface area contributed by atoms with E-state index in [1.54, 1.807) is 0 Å². The highest BCUT2D eigenvalue weighted by molar-refractivity contribution is 7.80. The number of nitrogens with one attached hydrogen (secondary N) is 1. The molecule has 0 aliphatic rings. The van der Waals surface area contributed by atoms with Gasteiger partial charge in [-0.25, -0.2) is 9.59 Å². The smallest absolute Gasteiger partial charge is 0.332 e. The number of carboxylic acids is 3. The minimum atomic E-state index is -1.94. The maximum absolute atomic E-state index is 10.4. The van der Waals surface area contributed by atoms with Crippen molar-refractivity contribution in [2.24, 2.45) is 0 Å². The first kappa shape index (κ1) is 12.7. The lowest BCUT2D eigenvalue weighted by Gasteiger charge is -2.15. The molecule has 0 aliphatic heterocycles. The SMILES string of the molecule is O=C(O)C(CS)NC(C(=O)O)C(=O)O. The molecule has 80 valence electrons. The van der Waals surface area contributed by atoms with Crippen LogP contribution >= 0.6 is 12.6 Å². The number of hydrogen-bond donors (Lipinski definition) is 5. The topological polar surface area (TPSA) is 124 Å². The fourth-order valence-electron chi connectivity index (χ4n) is 0.651. The largest absolute Gasteiger partial charge is 0.480 e. The molecule has 14 heavy (non-hydrogen) atoms. The Labute approximate surface area is 84.1 Å². The van der Waals surface area contributed by atoms with E-state index in [0.29, 0.717) is 0 Å². The van der Waals surface area contributed by atoms with E-state index in [1.165, 1.54) is 0 Å². The van der Waals surface area contributed by atoms with Gasteiger partial charge in [-0.2, -0.15) is 12.6 Å². The van der Waals surface area contributed by atoms with E-state index in [2.05, 4.69) is 12.6 Å². The summed E-state index contributed by atoms with van der Waals surface area (Å²) in [6.45, 7) is 0. The minimum absolute atomic E-state index is 0.202. The Bertz CT molecular complexity index is 241. The van der Waals surface area contributed by atoms with Gasteiger partial charge < -0.3 is 15.3 Å². The maximum Gasteiger partial charge on any atom is 0.332 e. The maximum atomic E-state index is 10.4. The van der Waals surface area contributed by atoms with Crippen molar-refractivity contribution >= 4 is 30.5 Å². The van der Waals surface area contributed by atoms with E-state index in [0.717, 1.165) is 0 Å². The molecule has 0 fully saturated rings. The van der Waals surface area contributed by atoms with E-state index in [9.17, 15) is 14.4 Å². The van der Waals surface area contributed by atoms with Gasteiger partial charge in [0.2, 0.25) is 6.04 Å². The summed E-state index contributed by atoms with van der Waals surface area (Å²) in [5.74, 6) is -4.85. The summed E-state index contributed by atoms with van der Waals surface area (Å²) < 4.78 is 0. The normalized spacial score (nSPS) is 12.4. The fourth-order valence-corrected chi connectivity index (χ4v) is 0.913. The quantitative estimate of drug-likeness (QED) is 0.274. The lowest BCUT2D eigenvalue weighted by molar-refractivity contribution is -0.151. The van der Waals surface area contributed by atoms with E-state index < -0.39 is 30.0 Å². The monoisotopic (exact) mass is 223 g/mol. The lowest BCUT2D eigenvalue weighted by Crippen LogP contribution is -2.52. The van der Waals surface area contributed by atoms with Crippen LogP contribution in [0.15, 0.2) is 0 Å². The van der Waals surface area contributed by atoms with Crippen molar-refractivity contribution in [3.63, 3.8) is 0 Å². The predicted molar refractivity (Wildman–Crippen MR) is 47.5 cm³/mol. The minimum Gasteiger partial charge on any atom is -0.480 e. The standard InChI is InChI=1S/C6H9NO6S/c8-4(9)2(1-14)7-3(5(10)11)6(12)13/h2-3,7,14H,1H2,(H,8,9)(H,10,11)(H,12,13). The van der Waals surface area contributed by atoms with E-state index >= 15 is 0 Å². The number of aliphatic carboxylic acids is 3. The van der Waals surface area contributed by atoms with Crippen molar-refractivity contribution in [3.05, 3.63) is 0 Å². The molecule has 4 N–H and O–H groups in total. The number of thiol groups is 1. The Morgan fingerprint density at radius 3 is 1.71 bits per heavy atom. The zero-order valence-corrected chi connectivity index (χ0v) is 7.77. The second-order valence-corrected chi connectivity index (χ2v) is 2.71. The van der Waals surface area contributed by atoms with Crippen LogP contribution in [0.25, 0.3) is 0 Å². The summed E-state index contributed by atoms with van der Waals surface area (Å²) >= 11 is 3.64. The molecule has 0 aliphatic carbocycles. The third-order valence-corrected chi connectivity index (χ3v) is 1.71. The van der Waals surface area contributed by atoms with E-state index in [-0.39, 0.29) is 5.75 Å². The van der Waals surface area contributed by atoms with Gasteiger partial charge in [0, 0.05) is 5.75 Å². The van der Waals surface area contributed by atoms with E-state index in [1.807, 2.05) is 5.32 Å². The van der Waals surface area contributed by atoms with Gasteiger partial charge in [-0.3, -0.25) is 10.1 Å². The van der Waals surface area contributed by atoms with Crippen LogP contribution in [-0.2, 0) is 14.4 Å². The van der Waals surface area contributed by atoms with Gasteiger partial charge in [-0.1, -0.05) is 0 Å². The molecular weight excluding hydrogens is 214 g/mol. The van der Waals surface area contributed by atoms with Crippen LogP contribution in [0.5, 0.6) is 0 Å². The molecule has 0 aromatic carbocycles. The first-order valence-electron chi connectivity index (χ1n) is 3.45. The number of rotatable bonds is 6. The molecule has 0 aromatic heterocycles. The van der Waals surface area contributed by atoms with Crippen molar-refractivity contribution < 1.29 is 29.7 Å². The zero-order valence-electron chi connectivity index (χ0n) is 6.88. The summed E-state index contributed by atoms with van der Waals surface area (Å²) in [4.78, 5) is 31.1. The van der Waals surface area contributed by atoms with Gasteiger partial charge in [0.05, 0.1) is 0 Å². The second kappa shape index (κ2) is 5.45. The third kappa shape index (κ3) is 3.62. The Morgan fingerprint density at radius 2 is 1.50 bits per heavy atom. The molecule has 8 heteroatoms. The lowest BCUT2D eigenvalue weighted by atomic mass is 10.2. The average molecular weight is 223 g/mol. The molecule has 0 radical (unpaired) electrons. The Balaban J connectivity index is 4.49. The molecule has 7 nitrogen and oxygen atoms in total. The zero-order chi connectivity index (χ0) is 11.3. The number of hydrogen-bond acceptors (Lipinski definition) is 5. The Kier molecular flexibility index (Phi) is 4.95. The van der Waals surface area contributed by atoms with Crippen LogP contribution in [0.1, 0.15) is 0 Å². The molecule has 0 heterocycles. The molecular formula is C6H9NO6S. The molecule has 1 unspecified atom stereocenters. The van der Waals surface area contributed by atoms with Crippen molar-refractivity contribution in [1.29, 1.82) is 0 Å². The van der Waals surface area contributed by atoms with Gasteiger partial charge in [-0.05, 0) is 0 Å². The summed E-state index contributed by atoms with van der Waals surface area (Å²) in [7, 11) is 0. The highest BCUT2D eigenvalue weighted by Gasteiger charge is 2.30. The fraction of sp³-hybridized carbons (Fsp3) is 0.500. The number of carboxylic acid groups (broad SMARTS) is 3. The first-order chi connectivity index (χ1) is 6.40. The summed E-state index contributed by atoms with van der Waals surface area (Å²) in [5, 5.41) is 27.2. The van der Waals surface area contributed by atoms with Crippen molar-refractivity contribution in [1.82, 2.24) is 5.32 Å². The summed E-state index contributed by atoms with van der Waals surface area (Å²) in [6, 6.07) is -3.25. The molecule has 1 atom stereocenters. The Hall–Kier alpha value is -1.28. The average Bonchev–Trinajstić information content (AvgIpc) is 2.03. The number of carbonyl (C=O) groups is 3. The van der Waals surface area contributed by atoms with Crippen LogP contribution < -0.4 is 5.32 Å². The van der Waals surface area contributed by atoms with Crippen LogP contribution in [0, 0.1) is 0 Å². The van der Waals surface area contributed by atoms with Crippen LogP contribution in [0.4, 0.5) is 0 Å². The van der Waals surface area contributed by atoms with Crippen molar-refractivity contribution in [2.75, 3.05) is 5.75 Å². The third-order valence-electron chi connectivity index (χ3n) is 1.34. The van der Waals surface area contributed by atoms with Crippen LogP contribution in [-0.4, -0.2) is 51.1 Å². The molecule has 0 bridgehead atoms. The summed E-state index contributed by atoms with van der Waals surface area (Å²) in [5.41, 5.74) is 0. The van der Waals surface area contributed by atoms with Gasteiger partial charge in [0.15, 0.2) is 0 Å². The van der Waals surface area contributed by atoms with Crippen LogP contribution in [0.2, 0.25) is 0 Å². The first-order valence-corrected chi connectivity index (χ1v) is 4.08. The highest BCUT2D eigenvalue weighted by atomic mass is 32.1. The molecule has 0 saturated heterocycles. The predicted octanol–water partition coefficient (Wildman–Crippen LogP) is -1.50. The van der Waals surface area contributed by atoms with Gasteiger partial charge in [0.25, 0.3) is 0 Å². The van der Waals surface area contributed by atoms with Crippen molar-refractivity contribution in [2.45, 2.75) is 12.1 Å². The second-order valence-electron chi connectivity index (χ2n) is 2.35. The van der Waals surface area contributed by atoms with Crippen molar-refractivity contribution in [3.8, 4) is 0 Å². The molecule has 0 spiro atoms. The van der Waals surface area contributed by atoms with Gasteiger partial charge in [0.1, 0.15) is 6.04 Å². The Morgan fingerprint density at radius 1 is 1.07 bits per heavy atom. The van der Waals surface area contributed by atoms with Crippen LogP contribution in [0.3, 0.4) is 0 Å². The molecule has 0 rings (SSSR count). The highest BCUT2D eigenvalue weighted by Crippen LogP contribution is 1.93. The molecule has 0 aromatic rings.